The molecule has 2 saturated carbocycles. The van der Waals surface area contributed by atoms with Crippen molar-refractivity contribution in [3.8, 4) is 0 Å². The Hall–Kier alpha value is -2.15. The van der Waals surface area contributed by atoms with Gasteiger partial charge < -0.3 is 10.4 Å². The number of H-pyrrole nitrogens is 1. The number of aryl methyl sites for hydroxylation is 2. The molecule has 7 nitrogen and oxygen atoms in total. The SMILES string of the molecule is Cc1[nH]nc(C2CC2)c1C(=O)N[C@H](c1cnn(C)c1)C1CC(O)C1. The number of hydrogen-bond donors (Lipinski definition) is 3. The number of nitrogens with zero attached hydrogens (tertiary/aromatic N) is 3. The number of hydrogen-bond acceptors (Lipinski definition) is 4. The third kappa shape index (κ3) is 2.73. The predicted octanol–water partition coefficient (Wildman–Crippen LogP) is 1.57. The van der Waals surface area contributed by atoms with Crippen LogP contribution in [0.25, 0.3) is 0 Å². The Kier molecular flexibility index (Phi) is 3.68. The average molecular weight is 329 g/mol. The molecule has 1 amide bonds. The van der Waals surface area contributed by atoms with E-state index in [4.69, 9.17) is 0 Å². The van der Waals surface area contributed by atoms with E-state index < -0.39 is 0 Å². The third-order valence-electron chi connectivity index (χ3n) is 5.16. The standard InChI is InChI=1S/C17H23N5O2/c1-9-14(16(21-20-9)10-3-4-10)17(24)19-15(11-5-13(23)6-11)12-7-18-22(2)8-12/h7-8,10-11,13,15,23H,3-6H2,1-2H3,(H,19,24)(H,20,21)/t11?,13?,15-/m0/s1. The molecule has 2 heterocycles. The van der Waals surface area contributed by atoms with Crippen LogP contribution in [0.1, 0.15) is 65.0 Å². The molecular formula is C17H23N5O2. The van der Waals surface area contributed by atoms with Crippen LogP contribution >= 0.6 is 0 Å². The normalized spacial score (nSPS) is 24.5. The second kappa shape index (κ2) is 5.73. The van der Waals surface area contributed by atoms with E-state index >= 15 is 0 Å². The lowest BCUT2D eigenvalue weighted by Gasteiger charge is -2.37. The van der Waals surface area contributed by atoms with Gasteiger partial charge in [-0.3, -0.25) is 14.6 Å². The number of aliphatic hydroxyl groups excluding tert-OH is 1. The fraction of sp³-hybridized carbons (Fsp3) is 0.588. The molecule has 2 aromatic heterocycles. The van der Waals surface area contributed by atoms with Crippen molar-refractivity contribution in [1.82, 2.24) is 25.3 Å². The molecule has 0 radical (unpaired) electrons. The van der Waals surface area contributed by atoms with Gasteiger partial charge in [0.1, 0.15) is 0 Å². The first-order valence-electron chi connectivity index (χ1n) is 8.55. The molecule has 1 atom stereocenters. The number of aromatic nitrogens is 4. The monoisotopic (exact) mass is 329 g/mol. The number of nitrogens with one attached hydrogen (secondary N) is 2. The number of amides is 1. The number of rotatable bonds is 5. The van der Waals surface area contributed by atoms with Gasteiger partial charge in [-0.1, -0.05) is 0 Å². The highest BCUT2D eigenvalue weighted by Crippen LogP contribution is 2.42. The van der Waals surface area contributed by atoms with Crippen molar-refractivity contribution in [3.05, 3.63) is 34.9 Å². The van der Waals surface area contributed by atoms with E-state index in [9.17, 15) is 9.90 Å². The molecule has 4 rings (SSSR count). The minimum atomic E-state index is -0.260. The smallest absolute Gasteiger partial charge is 0.255 e. The van der Waals surface area contributed by atoms with Crippen molar-refractivity contribution in [1.29, 1.82) is 0 Å². The van der Waals surface area contributed by atoms with Crippen molar-refractivity contribution in [2.24, 2.45) is 13.0 Å². The van der Waals surface area contributed by atoms with Crippen LogP contribution in [-0.2, 0) is 7.05 Å². The highest BCUT2D eigenvalue weighted by molar-refractivity contribution is 5.97. The highest BCUT2D eigenvalue weighted by atomic mass is 16.3. The maximum Gasteiger partial charge on any atom is 0.255 e. The van der Waals surface area contributed by atoms with E-state index in [2.05, 4.69) is 20.6 Å². The summed E-state index contributed by atoms with van der Waals surface area (Å²) in [6.45, 7) is 1.89. The molecule has 128 valence electrons. The summed E-state index contributed by atoms with van der Waals surface area (Å²) in [5.74, 6) is 0.571. The fourth-order valence-corrected chi connectivity index (χ4v) is 3.58. The van der Waals surface area contributed by atoms with Crippen LogP contribution < -0.4 is 5.32 Å². The maximum absolute atomic E-state index is 12.9. The predicted molar refractivity (Wildman–Crippen MR) is 87.4 cm³/mol. The molecule has 0 aromatic carbocycles. The molecule has 2 aromatic rings. The van der Waals surface area contributed by atoms with Gasteiger partial charge in [0.2, 0.25) is 0 Å². The number of aromatic amines is 1. The average Bonchev–Trinajstić information content (AvgIpc) is 3.16. The molecule has 0 unspecified atom stereocenters. The van der Waals surface area contributed by atoms with Gasteiger partial charge >= 0.3 is 0 Å². The molecule has 24 heavy (non-hydrogen) atoms. The van der Waals surface area contributed by atoms with Crippen molar-refractivity contribution >= 4 is 5.91 Å². The van der Waals surface area contributed by atoms with Crippen LogP contribution in [0.15, 0.2) is 12.4 Å². The summed E-state index contributed by atoms with van der Waals surface area (Å²) < 4.78 is 1.74. The summed E-state index contributed by atoms with van der Waals surface area (Å²) in [5, 5.41) is 24.3. The van der Waals surface area contributed by atoms with Gasteiger partial charge in [0.05, 0.1) is 29.6 Å². The minimum absolute atomic E-state index is 0.0848. The van der Waals surface area contributed by atoms with Crippen LogP contribution in [0.3, 0.4) is 0 Å². The van der Waals surface area contributed by atoms with Gasteiger partial charge in [-0.2, -0.15) is 10.2 Å². The quantitative estimate of drug-likeness (QED) is 0.776. The zero-order valence-electron chi connectivity index (χ0n) is 14.0. The zero-order valence-corrected chi connectivity index (χ0v) is 14.0. The van der Waals surface area contributed by atoms with Gasteiger partial charge in [0.15, 0.2) is 0 Å². The van der Waals surface area contributed by atoms with Crippen LogP contribution in [-0.4, -0.2) is 37.1 Å². The summed E-state index contributed by atoms with van der Waals surface area (Å²) in [4.78, 5) is 12.9. The van der Waals surface area contributed by atoms with E-state index in [1.165, 1.54) is 0 Å². The van der Waals surface area contributed by atoms with Gasteiger partial charge in [0, 0.05) is 30.4 Å². The molecule has 7 heteroatoms. The second-order valence-electron chi connectivity index (χ2n) is 7.17. The topological polar surface area (TPSA) is 95.8 Å². The molecule has 0 bridgehead atoms. The summed E-state index contributed by atoms with van der Waals surface area (Å²) in [7, 11) is 1.86. The van der Waals surface area contributed by atoms with E-state index in [-0.39, 0.29) is 24.0 Å². The fourth-order valence-electron chi connectivity index (χ4n) is 3.58. The van der Waals surface area contributed by atoms with Crippen LogP contribution in [0, 0.1) is 12.8 Å². The Balaban J connectivity index is 1.58. The van der Waals surface area contributed by atoms with E-state index in [0.717, 1.165) is 29.8 Å². The number of carbonyl (C=O) groups excluding carboxylic acids is 1. The lowest BCUT2D eigenvalue weighted by molar-refractivity contribution is 0.0235. The summed E-state index contributed by atoms with van der Waals surface area (Å²) in [6, 6.07) is -0.129. The van der Waals surface area contributed by atoms with Crippen LogP contribution in [0.5, 0.6) is 0 Å². The molecule has 0 spiro atoms. The van der Waals surface area contributed by atoms with Crippen LogP contribution in [0.2, 0.25) is 0 Å². The Morgan fingerprint density at radius 3 is 2.79 bits per heavy atom. The molecule has 2 aliphatic rings. The molecule has 0 saturated heterocycles. The maximum atomic E-state index is 12.9. The molecular weight excluding hydrogens is 306 g/mol. The summed E-state index contributed by atoms with van der Waals surface area (Å²) in [5.41, 5.74) is 3.37. The van der Waals surface area contributed by atoms with Gasteiger partial charge in [-0.05, 0) is 38.5 Å². The zero-order chi connectivity index (χ0) is 16.8. The molecule has 2 aliphatic carbocycles. The van der Waals surface area contributed by atoms with Crippen molar-refractivity contribution < 1.29 is 9.90 Å². The first kappa shape index (κ1) is 15.4. The van der Waals surface area contributed by atoms with E-state index in [1.54, 1.807) is 10.9 Å². The van der Waals surface area contributed by atoms with Gasteiger partial charge in [0.25, 0.3) is 5.91 Å². The third-order valence-corrected chi connectivity index (χ3v) is 5.16. The molecule has 0 aliphatic heterocycles. The Morgan fingerprint density at radius 1 is 1.46 bits per heavy atom. The van der Waals surface area contributed by atoms with Gasteiger partial charge in [-0.15, -0.1) is 0 Å². The lowest BCUT2D eigenvalue weighted by Crippen LogP contribution is -2.41. The Labute approximate surface area is 140 Å². The molecule has 3 N–H and O–H groups in total. The van der Waals surface area contributed by atoms with E-state index in [1.807, 2.05) is 20.2 Å². The largest absolute Gasteiger partial charge is 0.393 e. The lowest BCUT2D eigenvalue weighted by atomic mass is 9.75. The first-order valence-corrected chi connectivity index (χ1v) is 8.55. The summed E-state index contributed by atoms with van der Waals surface area (Å²) >= 11 is 0. The van der Waals surface area contributed by atoms with E-state index in [0.29, 0.717) is 24.3 Å². The van der Waals surface area contributed by atoms with Crippen molar-refractivity contribution in [2.75, 3.05) is 0 Å². The number of carbonyl (C=O) groups is 1. The minimum Gasteiger partial charge on any atom is -0.393 e. The van der Waals surface area contributed by atoms with Crippen molar-refractivity contribution in [3.63, 3.8) is 0 Å². The van der Waals surface area contributed by atoms with Crippen LogP contribution in [0.4, 0.5) is 0 Å². The van der Waals surface area contributed by atoms with Crippen molar-refractivity contribution in [2.45, 2.75) is 50.7 Å². The number of aliphatic hydroxyl groups is 1. The highest BCUT2D eigenvalue weighted by Gasteiger charge is 2.38. The van der Waals surface area contributed by atoms with Gasteiger partial charge in [-0.25, -0.2) is 0 Å². The summed E-state index contributed by atoms with van der Waals surface area (Å²) in [6.07, 6.45) is 7.08. The molecule has 2 fully saturated rings. The first-order chi connectivity index (χ1) is 11.5. The Morgan fingerprint density at radius 2 is 2.21 bits per heavy atom. The Bertz CT molecular complexity index is 755. The second-order valence-corrected chi connectivity index (χ2v) is 7.17.